The van der Waals surface area contributed by atoms with E-state index in [1.807, 2.05) is 46.8 Å². The third kappa shape index (κ3) is 5.47. The topological polar surface area (TPSA) is 69.0 Å². The molecule has 0 aromatic carbocycles. The summed E-state index contributed by atoms with van der Waals surface area (Å²) in [5, 5.41) is 4.75. The van der Waals surface area contributed by atoms with Crippen molar-refractivity contribution < 1.29 is 27.4 Å². The van der Waals surface area contributed by atoms with Crippen molar-refractivity contribution in [3.05, 3.63) is 29.2 Å². The monoisotopic (exact) mass is 482 g/mol. The number of nitrogens with zero attached hydrogens (tertiary/aromatic N) is 4. The van der Waals surface area contributed by atoms with E-state index >= 15 is 0 Å². The smallest absolute Gasteiger partial charge is 0.410 e. The number of aromatic nitrogens is 3. The minimum Gasteiger partial charge on any atom is -0.444 e. The molecule has 3 heterocycles. The molecule has 4 rings (SSSR count). The van der Waals surface area contributed by atoms with Gasteiger partial charge in [0.1, 0.15) is 11.7 Å². The van der Waals surface area contributed by atoms with Crippen molar-refractivity contribution in [3.8, 4) is 0 Å². The van der Waals surface area contributed by atoms with Crippen LogP contribution in [0.4, 0.5) is 18.0 Å². The van der Waals surface area contributed by atoms with Crippen molar-refractivity contribution in [2.75, 3.05) is 13.1 Å². The molecule has 1 saturated heterocycles. The van der Waals surface area contributed by atoms with E-state index in [1.54, 1.807) is 9.42 Å². The first kappa shape index (κ1) is 24.8. The van der Waals surface area contributed by atoms with Gasteiger partial charge in [-0.05, 0) is 66.4 Å². The Morgan fingerprint density at radius 3 is 2.41 bits per heavy atom. The Morgan fingerprint density at radius 1 is 1.12 bits per heavy atom. The molecule has 34 heavy (non-hydrogen) atoms. The lowest BCUT2D eigenvalue weighted by atomic mass is 9.80. The molecular weight excluding hydrogens is 449 g/mol. The van der Waals surface area contributed by atoms with E-state index in [2.05, 4.69) is 4.98 Å². The number of carbonyl (C=O) groups is 1. The number of alkyl halides is 3. The molecule has 1 saturated carbocycles. The van der Waals surface area contributed by atoms with E-state index in [0.29, 0.717) is 31.6 Å². The SMILES string of the molecule is Cc1cc([C@H]2CN(C(=O)OC(C)(C)C)C[C@H](C)O2)n2nc(C3CCC(C(F)(F)F)CC3)cc2n1. The van der Waals surface area contributed by atoms with Gasteiger partial charge in [-0.25, -0.2) is 14.3 Å². The van der Waals surface area contributed by atoms with Gasteiger partial charge in [-0.3, -0.25) is 0 Å². The summed E-state index contributed by atoms with van der Waals surface area (Å²) >= 11 is 0. The first-order chi connectivity index (χ1) is 15.8. The first-order valence-corrected chi connectivity index (χ1v) is 11.9. The number of amides is 1. The lowest BCUT2D eigenvalue weighted by Crippen LogP contribution is -2.48. The molecule has 7 nitrogen and oxygen atoms in total. The minimum atomic E-state index is -4.13. The van der Waals surface area contributed by atoms with Crippen LogP contribution in [0.15, 0.2) is 12.1 Å². The minimum absolute atomic E-state index is 0.0297. The highest BCUT2D eigenvalue weighted by Crippen LogP contribution is 2.42. The van der Waals surface area contributed by atoms with Crippen molar-refractivity contribution in [3.63, 3.8) is 0 Å². The van der Waals surface area contributed by atoms with Crippen molar-refractivity contribution in [2.24, 2.45) is 5.92 Å². The lowest BCUT2D eigenvalue weighted by molar-refractivity contribution is -0.182. The summed E-state index contributed by atoms with van der Waals surface area (Å²) in [5.74, 6) is -1.26. The maximum Gasteiger partial charge on any atom is 0.410 e. The number of carbonyl (C=O) groups excluding carboxylic acids is 1. The summed E-state index contributed by atoms with van der Waals surface area (Å²) in [6, 6.07) is 3.76. The van der Waals surface area contributed by atoms with Crippen LogP contribution in [0.5, 0.6) is 0 Å². The maximum absolute atomic E-state index is 13.1. The van der Waals surface area contributed by atoms with E-state index in [0.717, 1.165) is 17.1 Å². The van der Waals surface area contributed by atoms with E-state index in [-0.39, 0.29) is 24.9 Å². The van der Waals surface area contributed by atoms with Crippen LogP contribution in [0.2, 0.25) is 0 Å². The largest absolute Gasteiger partial charge is 0.444 e. The number of hydrogen-bond acceptors (Lipinski definition) is 5. The number of ether oxygens (including phenoxy) is 2. The lowest BCUT2D eigenvalue weighted by Gasteiger charge is -2.37. The Morgan fingerprint density at radius 2 is 1.79 bits per heavy atom. The Balaban J connectivity index is 1.58. The number of aryl methyl sites for hydroxylation is 1. The van der Waals surface area contributed by atoms with Gasteiger partial charge in [-0.15, -0.1) is 0 Å². The summed E-state index contributed by atoms with van der Waals surface area (Å²) in [5.41, 5.74) is 2.33. The highest BCUT2D eigenvalue weighted by molar-refractivity contribution is 5.68. The molecule has 0 bridgehead atoms. The molecule has 2 atom stereocenters. The van der Waals surface area contributed by atoms with Crippen molar-refractivity contribution in [2.45, 2.75) is 90.2 Å². The van der Waals surface area contributed by atoms with Crippen LogP contribution in [0.25, 0.3) is 5.65 Å². The fourth-order valence-corrected chi connectivity index (χ4v) is 4.88. The molecular formula is C24H33F3N4O3. The number of morpholine rings is 1. The molecule has 2 aromatic heterocycles. The molecule has 1 aliphatic heterocycles. The molecule has 188 valence electrons. The fourth-order valence-electron chi connectivity index (χ4n) is 4.88. The molecule has 0 unspecified atom stereocenters. The molecule has 2 fully saturated rings. The molecule has 1 amide bonds. The summed E-state index contributed by atoms with van der Waals surface area (Å²) in [4.78, 5) is 18.9. The average molecular weight is 483 g/mol. The predicted octanol–water partition coefficient (Wildman–Crippen LogP) is 5.57. The third-order valence-corrected chi connectivity index (χ3v) is 6.45. The zero-order valence-electron chi connectivity index (χ0n) is 20.4. The summed E-state index contributed by atoms with van der Waals surface area (Å²) in [6.45, 7) is 10.0. The standard InChI is InChI=1S/C24H33F3N4O3/c1-14-10-19(20-13-30(12-15(2)33-20)22(32)34-23(3,4)5)31-21(28-14)11-18(29-31)16-6-8-17(9-7-16)24(25,26)27/h10-11,15-17,20H,6-9,12-13H2,1-5H3/t15-,16?,17?,20+/m0/s1. The normalized spacial score (nSPS) is 26.6. The highest BCUT2D eigenvalue weighted by Gasteiger charge is 2.42. The van der Waals surface area contributed by atoms with E-state index in [1.165, 1.54) is 0 Å². The van der Waals surface area contributed by atoms with Gasteiger partial charge in [0.15, 0.2) is 5.65 Å². The second kappa shape index (κ2) is 9.02. The quantitative estimate of drug-likeness (QED) is 0.560. The van der Waals surface area contributed by atoms with Crippen LogP contribution in [0.1, 0.15) is 82.5 Å². The number of rotatable bonds is 2. The number of fused-ring (bicyclic) bond motifs is 1. The number of halogens is 3. The zero-order chi connectivity index (χ0) is 24.8. The third-order valence-electron chi connectivity index (χ3n) is 6.45. The van der Waals surface area contributed by atoms with Gasteiger partial charge in [0.2, 0.25) is 0 Å². The van der Waals surface area contributed by atoms with Gasteiger partial charge >= 0.3 is 12.3 Å². The van der Waals surface area contributed by atoms with E-state index < -0.39 is 29.9 Å². The van der Waals surface area contributed by atoms with Crippen LogP contribution in [-0.4, -0.2) is 56.6 Å². The second-order valence-electron chi connectivity index (χ2n) is 10.6. The summed E-state index contributed by atoms with van der Waals surface area (Å²) in [7, 11) is 0. The van der Waals surface area contributed by atoms with Gasteiger partial charge < -0.3 is 14.4 Å². The van der Waals surface area contributed by atoms with Crippen LogP contribution < -0.4 is 0 Å². The Bertz CT molecular complexity index is 1040. The maximum atomic E-state index is 13.1. The van der Waals surface area contributed by atoms with Gasteiger partial charge in [-0.1, -0.05) is 0 Å². The van der Waals surface area contributed by atoms with Gasteiger partial charge in [-0.2, -0.15) is 18.3 Å². The van der Waals surface area contributed by atoms with Crippen LogP contribution in [0.3, 0.4) is 0 Å². The molecule has 2 aromatic rings. The van der Waals surface area contributed by atoms with Crippen LogP contribution in [-0.2, 0) is 9.47 Å². The molecule has 0 radical (unpaired) electrons. The van der Waals surface area contributed by atoms with Crippen molar-refractivity contribution in [1.82, 2.24) is 19.5 Å². The first-order valence-electron chi connectivity index (χ1n) is 11.9. The average Bonchev–Trinajstić information content (AvgIpc) is 3.15. The number of hydrogen-bond donors (Lipinski definition) is 0. The summed E-state index contributed by atoms with van der Waals surface area (Å²) in [6.07, 6.45) is -4.03. The zero-order valence-corrected chi connectivity index (χ0v) is 20.4. The van der Waals surface area contributed by atoms with Gasteiger partial charge in [0.05, 0.1) is 36.5 Å². The second-order valence-corrected chi connectivity index (χ2v) is 10.6. The Kier molecular flexibility index (Phi) is 6.56. The van der Waals surface area contributed by atoms with E-state index in [4.69, 9.17) is 14.6 Å². The van der Waals surface area contributed by atoms with E-state index in [9.17, 15) is 18.0 Å². The predicted molar refractivity (Wildman–Crippen MR) is 120 cm³/mol. The fraction of sp³-hybridized carbons (Fsp3) is 0.708. The molecule has 2 aliphatic rings. The molecule has 1 aliphatic carbocycles. The van der Waals surface area contributed by atoms with Crippen molar-refractivity contribution >= 4 is 11.7 Å². The molecule has 10 heteroatoms. The highest BCUT2D eigenvalue weighted by atomic mass is 19.4. The Hall–Kier alpha value is -2.36. The molecule has 0 spiro atoms. The summed E-state index contributed by atoms with van der Waals surface area (Å²) < 4.78 is 52.7. The van der Waals surface area contributed by atoms with Crippen molar-refractivity contribution in [1.29, 1.82) is 0 Å². The van der Waals surface area contributed by atoms with Gasteiger partial charge in [0, 0.05) is 17.7 Å². The van der Waals surface area contributed by atoms with Crippen LogP contribution >= 0.6 is 0 Å². The van der Waals surface area contributed by atoms with Gasteiger partial charge in [0.25, 0.3) is 0 Å². The Labute approximate surface area is 197 Å². The van der Waals surface area contributed by atoms with Crippen LogP contribution in [0, 0.1) is 12.8 Å². The molecule has 0 N–H and O–H groups in total.